The molecule has 0 aromatic heterocycles. The first-order chi connectivity index (χ1) is 15.5. The van der Waals surface area contributed by atoms with Crippen molar-refractivity contribution in [3.05, 3.63) is 88.4 Å². The number of methoxy groups -OCH3 is 2. The highest BCUT2D eigenvalue weighted by atomic mass is 35.5. The highest BCUT2D eigenvalue weighted by Crippen LogP contribution is 2.35. The molecule has 6 nitrogen and oxygen atoms in total. The van der Waals surface area contributed by atoms with Crippen LogP contribution >= 0.6 is 11.6 Å². The molecule has 0 heterocycles. The maximum Gasteiger partial charge on any atom is 0.351 e. The number of rotatable bonds is 10. The third-order valence-electron chi connectivity index (χ3n) is 4.55. The van der Waals surface area contributed by atoms with Crippen molar-refractivity contribution < 1.29 is 28.5 Å². The maximum absolute atomic E-state index is 12.6. The minimum Gasteiger partial charge on any atom is -0.485 e. The molecule has 3 aromatic rings. The number of ether oxygens (including phenoxy) is 5. The molecule has 7 heteroatoms. The van der Waals surface area contributed by atoms with Crippen molar-refractivity contribution in [1.82, 2.24) is 0 Å². The lowest BCUT2D eigenvalue weighted by atomic mass is 10.1. The first-order valence-corrected chi connectivity index (χ1v) is 10.3. The summed E-state index contributed by atoms with van der Waals surface area (Å²) >= 11 is 6.19. The van der Waals surface area contributed by atoms with Crippen LogP contribution in [0, 0.1) is 6.92 Å². The summed E-state index contributed by atoms with van der Waals surface area (Å²) < 4.78 is 27.4. The van der Waals surface area contributed by atoms with E-state index >= 15 is 0 Å². The number of carbonyl (C=O) groups excluding carboxylic acids is 1. The van der Waals surface area contributed by atoms with Crippen LogP contribution in [-0.4, -0.2) is 27.0 Å². The van der Waals surface area contributed by atoms with E-state index in [-0.39, 0.29) is 6.79 Å². The fourth-order valence-corrected chi connectivity index (χ4v) is 3.20. The largest absolute Gasteiger partial charge is 0.485 e. The van der Waals surface area contributed by atoms with Crippen LogP contribution in [0.1, 0.15) is 22.8 Å². The Hall–Kier alpha value is -3.22. The molecule has 0 aliphatic rings. The molecule has 3 aromatic carbocycles. The van der Waals surface area contributed by atoms with Crippen molar-refractivity contribution in [2.75, 3.05) is 21.0 Å². The highest BCUT2D eigenvalue weighted by Gasteiger charge is 2.26. The molecule has 0 N–H and O–H groups in total. The molecule has 0 spiro atoms. The Morgan fingerprint density at radius 3 is 2.50 bits per heavy atom. The molecule has 0 aliphatic heterocycles. The lowest BCUT2D eigenvalue weighted by Gasteiger charge is -2.20. The highest BCUT2D eigenvalue weighted by molar-refractivity contribution is 6.30. The van der Waals surface area contributed by atoms with Crippen molar-refractivity contribution in [2.45, 2.75) is 19.6 Å². The number of aryl methyl sites for hydroxylation is 1. The summed E-state index contributed by atoms with van der Waals surface area (Å²) in [6, 6.07) is 20.0. The van der Waals surface area contributed by atoms with E-state index in [0.717, 1.165) is 11.1 Å². The van der Waals surface area contributed by atoms with Gasteiger partial charge in [0.25, 0.3) is 0 Å². The number of esters is 1. The van der Waals surface area contributed by atoms with Crippen molar-refractivity contribution in [3.63, 3.8) is 0 Å². The SMILES string of the molecule is COCOc1cccc(C(Oc2cc(Cl)ccc2OCc2cccc(C)c2)C(=O)OC)c1. The Kier molecular flexibility index (Phi) is 8.36. The van der Waals surface area contributed by atoms with E-state index in [0.29, 0.717) is 34.4 Å². The standard InChI is InChI=1S/C25H25ClO6/c1-17-6-4-7-18(12-17)15-30-22-11-10-20(26)14-23(22)32-24(25(27)29-3)19-8-5-9-21(13-19)31-16-28-2/h4-14,24H,15-16H2,1-3H3. The van der Waals surface area contributed by atoms with E-state index in [1.165, 1.54) is 14.2 Å². The summed E-state index contributed by atoms with van der Waals surface area (Å²) in [4.78, 5) is 12.6. The minimum absolute atomic E-state index is 0.0818. The molecule has 0 fully saturated rings. The normalized spacial score (nSPS) is 11.5. The molecule has 1 atom stereocenters. The summed E-state index contributed by atoms with van der Waals surface area (Å²) in [6.07, 6.45) is -1.05. The van der Waals surface area contributed by atoms with E-state index in [2.05, 4.69) is 0 Å². The van der Waals surface area contributed by atoms with E-state index in [1.807, 2.05) is 31.2 Å². The Morgan fingerprint density at radius 2 is 1.75 bits per heavy atom. The fourth-order valence-electron chi connectivity index (χ4n) is 3.04. The Balaban J connectivity index is 1.86. The van der Waals surface area contributed by atoms with Crippen LogP contribution in [0.4, 0.5) is 0 Å². The molecule has 32 heavy (non-hydrogen) atoms. The van der Waals surface area contributed by atoms with E-state index < -0.39 is 12.1 Å². The Bertz CT molecular complexity index is 1050. The molecule has 0 aliphatic carbocycles. The van der Waals surface area contributed by atoms with Gasteiger partial charge < -0.3 is 23.7 Å². The van der Waals surface area contributed by atoms with Crippen molar-refractivity contribution >= 4 is 17.6 Å². The predicted octanol–water partition coefficient (Wildman–Crippen LogP) is 5.50. The van der Waals surface area contributed by atoms with Gasteiger partial charge in [0.2, 0.25) is 6.10 Å². The van der Waals surface area contributed by atoms with Crippen molar-refractivity contribution in [3.8, 4) is 17.2 Å². The number of benzene rings is 3. The van der Waals surface area contributed by atoms with Crippen LogP contribution in [-0.2, 0) is 20.9 Å². The molecule has 3 rings (SSSR count). The van der Waals surface area contributed by atoms with Gasteiger partial charge in [0, 0.05) is 23.8 Å². The molecule has 0 radical (unpaired) electrons. The third kappa shape index (κ3) is 6.39. The van der Waals surface area contributed by atoms with E-state index in [9.17, 15) is 4.79 Å². The van der Waals surface area contributed by atoms with Crippen LogP contribution in [0.5, 0.6) is 17.2 Å². The van der Waals surface area contributed by atoms with E-state index in [4.69, 9.17) is 35.3 Å². The average molecular weight is 457 g/mol. The summed E-state index contributed by atoms with van der Waals surface area (Å²) in [6.45, 7) is 2.44. The fraction of sp³-hybridized carbons (Fsp3) is 0.240. The van der Waals surface area contributed by atoms with Crippen LogP contribution in [0.15, 0.2) is 66.7 Å². The van der Waals surface area contributed by atoms with Crippen LogP contribution in [0.3, 0.4) is 0 Å². The predicted molar refractivity (Wildman–Crippen MR) is 121 cm³/mol. The summed E-state index contributed by atoms with van der Waals surface area (Å²) in [5.74, 6) is 0.739. The molecule has 0 saturated carbocycles. The van der Waals surface area contributed by atoms with Gasteiger partial charge in [-0.1, -0.05) is 53.6 Å². The lowest BCUT2D eigenvalue weighted by Crippen LogP contribution is -2.20. The molecule has 0 saturated heterocycles. The Morgan fingerprint density at radius 1 is 0.938 bits per heavy atom. The third-order valence-corrected chi connectivity index (χ3v) is 4.78. The number of carbonyl (C=O) groups is 1. The molecule has 1 unspecified atom stereocenters. The second-order valence-electron chi connectivity index (χ2n) is 7.01. The van der Waals surface area contributed by atoms with Crippen molar-refractivity contribution in [2.24, 2.45) is 0 Å². The molecule has 168 valence electrons. The van der Waals surface area contributed by atoms with Gasteiger partial charge in [0.1, 0.15) is 12.4 Å². The van der Waals surface area contributed by atoms with Gasteiger partial charge >= 0.3 is 5.97 Å². The van der Waals surface area contributed by atoms with Gasteiger partial charge in [0.05, 0.1) is 7.11 Å². The monoisotopic (exact) mass is 456 g/mol. The minimum atomic E-state index is -1.05. The topological polar surface area (TPSA) is 63.2 Å². The number of hydrogen-bond acceptors (Lipinski definition) is 6. The summed E-state index contributed by atoms with van der Waals surface area (Å²) in [5, 5.41) is 0.448. The zero-order valence-electron chi connectivity index (χ0n) is 18.2. The summed E-state index contributed by atoms with van der Waals surface area (Å²) in [7, 11) is 2.83. The van der Waals surface area contributed by atoms with Gasteiger partial charge in [0.15, 0.2) is 18.3 Å². The molecular weight excluding hydrogens is 432 g/mol. The van der Waals surface area contributed by atoms with Crippen LogP contribution in [0.25, 0.3) is 0 Å². The van der Waals surface area contributed by atoms with Gasteiger partial charge in [-0.3, -0.25) is 0 Å². The molecular formula is C25H25ClO6. The van der Waals surface area contributed by atoms with Crippen molar-refractivity contribution in [1.29, 1.82) is 0 Å². The number of hydrogen-bond donors (Lipinski definition) is 0. The lowest BCUT2D eigenvalue weighted by molar-refractivity contribution is -0.149. The van der Waals surface area contributed by atoms with Crippen LogP contribution < -0.4 is 14.2 Å². The van der Waals surface area contributed by atoms with Gasteiger partial charge in [-0.2, -0.15) is 0 Å². The first-order valence-electron chi connectivity index (χ1n) is 9.94. The van der Waals surface area contributed by atoms with Gasteiger partial charge in [-0.15, -0.1) is 0 Å². The first kappa shape index (κ1) is 23.4. The average Bonchev–Trinajstić information content (AvgIpc) is 2.80. The quantitative estimate of drug-likeness (QED) is 0.296. The van der Waals surface area contributed by atoms with Gasteiger partial charge in [-0.25, -0.2) is 4.79 Å². The van der Waals surface area contributed by atoms with Gasteiger partial charge in [-0.05, 0) is 36.8 Å². The second-order valence-corrected chi connectivity index (χ2v) is 7.45. The zero-order valence-corrected chi connectivity index (χ0v) is 18.9. The smallest absolute Gasteiger partial charge is 0.351 e. The maximum atomic E-state index is 12.6. The number of halogens is 1. The Labute approximate surface area is 192 Å². The molecule has 0 amide bonds. The summed E-state index contributed by atoms with van der Waals surface area (Å²) in [5.41, 5.74) is 2.70. The van der Waals surface area contributed by atoms with Crippen LogP contribution in [0.2, 0.25) is 5.02 Å². The zero-order chi connectivity index (χ0) is 22.9. The molecule has 0 bridgehead atoms. The second kappa shape index (κ2) is 11.4. The van der Waals surface area contributed by atoms with E-state index in [1.54, 1.807) is 42.5 Å².